The Morgan fingerprint density at radius 1 is 1.06 bits per heavy atom. The molecule has 0 aromatic carbocycles. The number of allylic oxidation sites excluding steroid dienone is 4. The molecule has 0 amide bonds. The Balaban J connectivity index is 0.000000457. The third-order valence-electron chi connectivity index (χ3n) is 2.34. The second-order valence-electron chi connectivity index (χ2n) is 3.21. The van der Waals surface area contributed by atoms with Crippen LogP contribution in [0.1, 0.15) is 20.8 Å². The zero-order valence-electron chi connectivity index (χ0n) is 9.68. The highest BCUT2D eigenvalue weighted by atomic mass is 15.4. The molecule has 0 saturated heterocycles. The minimum atomic E-state index is 0.691. The molecule has 4 heteroatoms. The molecule has 0 aliphatic carbocycles. The molecule has 0 aromatic heterocycles. The van der Waals surface area contributed by atoms with E-state index < -0.39 is 0 Å². The van der Waals surface area contributed by atoms with Crippen LogP contribution in [-0.2, 0) is 0 Å². The molecule has 82 valence electrons. The Morgan fingerprint density at radius 3 is 2.69 bits per heavy atom. The zero-order valence-corrected chi connectivity index (χ0v) is 9.68. The van der Waals surface area contributed by atoms with E-state index in [0.29, 0.717) is 5.96 Å². The van der Waals surface area contributed by atoms with Crippen LogP contribution in [0, 0.1) is 0 Å². The van der Waals surface area contributed by atoms with E-state index in [-0.39, 0.29) is 0 Å². The van der Waals surface area contributed by atoms with Crippen molar-refractivity contribution in [2.45, 2.75) is 20.8 Å². The molecule has 0 radical (unpaired) electrons. The van der Waals surface area contributed by atoms with Crippen molar-refractivity contribution in [3.63, 3.8) is 0 Å². The fourth-order valence-corrected chi connectivity index (χ4v) is 1.64. The van der Waals surface area contributed by atoms with E-state index in [1.165, 1.54) is 11.9 Å². The highest BCUT2D eigenvalue weighted by Gasteiger charge is 2.26. The molecule has 0 saturated carbocycles. The average Bonchev–Trinajstić information content (AvgIpc) is 2.37. The number of guanidine groups is 1. The largest absolute Gasteiger partial charge is 0.262 e. The van der Waals surface area contributed by atoms with Gasteiger partial charge in [0.25, 0.3) is 0 Å². The summed E-state index contributed by atoms with van der Waals surface area (Å²) in [6.45, 7) is 6.06. The van der Waals surface area contributed by atoms with E-state index in [2.05, 4.69) is 28.0 Å². The van der Waals surface area contributed by atoms with Gasteiger partial charge in [-0.2, -0.15) is 0 Å². The number of aliphatic imine (C=N–C) groups is 3. The van der Waals surface area contributed by atoms with E-state index in [1.54, 1.807) is 6.21 Å². The van der Waals surface area contributed by atoms with Gasteiger partial charge in [-0.25, -0.2) is 15.0 Å². The highest BCUT2D eigenvalue weighted by Crippen LogP contribution is 2.29. The first kappa shape index (κ1) is 10.5. The molecular weight excluding hydrogens is 200 g/mol. The van der Waals surface area contributed by atoms with E-state index >= 15 is 0 Å². The summed E-state index contributed by atoms with van der Waals surface area (Å²) < 4.78 is 0. The molecule has 4 nitrogen and oxygen atoms in total. The summed E-state index contributed by atoms with van der Waals surface area (Å²) in [6, 6.07) is 0. The first-order chi connectivity index (χ1) is 7.86. The van der Waals surface area contributed by atoms with Gasteiger partial charge in [-0.15, -0.1) is 0 Å². The molecule has 3 aliphatic rings. The average molecular weight is 214 g/mol. The van der Waals surface area contributed by atoms with Gasteiger partial charge >= 0.3 is 0 Å². The summed E-state index contributed by atoms with van der Waals surface area (Å²) in [7, 11) is 0. The molecule has 0 unspecified atom stereocenters. The summed E-state index contributed by atoms with van der Waals surface area (Å²) >= 11 is 0. The summed E-state index contributed by atoms with van der Waals surface area (Å²) in [5.74, 6) is 1.57. The van der Waals surface area contributed by atoms with Crippen molar-refractivity contribution in [2.75, 3.05) is 0 Å². The van der Waals surface area contributed by atoms with Crippen LogP contribution in [0.15, 0.2) is 50.3 Å². The number of hydrogen-bond donors (Lipinski definition) is 0. The molecule has 0 fully saturated rings. The lowest BCUT2D eigenvalue weighted by atomic mass is 10.1. The zero-order chi connectivity index (χ0) is 11.5. The van der Waals surface area contributed by atoms with Gasteiger partial charge in [-0.1, -0.05) is 19.9 Å². The van der Waals surface area contributed by atoms with Crippen molar-refractivity contribution in [1.82, 2.24) is 4.90 Å². The molecule has 3 rings (SSSR count). The third-order valence-corrected chi connectivity index (χ3v) is 2.34. The summed E-state index contributed by atoms with van der Waals surface area (Å²) in [6.07, 6.45) is 9.30. The summed E-state index contributed by atoms with van der Waals surface area (Å²) in [4.78, 5) is 14.4. The van der Waals surface area contributed by atoms with Crippen molar-refractivity contribution in [3.05, 3.63) is 35.3 Å². The highest BCUT2D eigenvalue weighted by molar-refractivity contribution is 6.01. The normalized spacial score (nSPS) is 19.8. The van der Waals surface area contributed by atoms with Crippen LogP contribution in [0.5, 0.6) is 0 Å². The van der Waals surface area contributed by atoms with Gasteiger partial charge in [0, 0.05) is 6.21 Å². The van der Waals surface area contributed by atoms with Crippen LogP contribution in [0.25, 0.3) is 0 Å². The molecule has 0 N–H and O–H groups in total. The van der Waals surface area contributed by atoms with Gasteiger partial charge in [0.1, 0.15) is 12.2 Å². The molecule has 3 heterocycles. The van der Waals surface area contributed by atoms with Crippen molar-refractivity contribution < 1.29 is 0 Å². The molecule has 0 atom stereocenters. The Morgan fingerprint density at radius 2 is 1.88 bits per heavy atom. The Hall–Kier alpha value is -1.97. The van der Waals surface area contributed by atoms with E-state index in [4.69, 9.17) is 0 Å². The van der Waals surface area contributed by atoms with Crippen LogP contribution >= 0.6 is 0 Å². The standard InChI is InChI=1S/C10H8N4.C2H6/c1-7-2-3-9-12-6-13-10-11-5-4-8(7)14(9)10;1-2/h2-6H,1H3;1-2H3. The minimum absolute atomic E-state index is 0.691. The Bertz CT molecular complexity index is 475. The Kier molecular flexibility index (Phi) is 2.81. The lowest BCUT2D eigenvalue weighted by Crippen LogP contribution is -2.34. The number of hydrogen-bond acceptors (Lipinski definition) is 4. The van der Waals surface area contributed by atoms with Crippen molar-refractivity contribution >= 4 is 18.5 Å². The maximum atomic E-state index is 4.18. The third kappa shape index (κ3) is 1.52. The Labute approximate surface area is 95.1 Å². The smallest absolute Gasteiger partial charge is 0.237 e. The number of nitrogens with zero attached hydrogens (tertiary/aromatic N) is 4. The predicted octanol–water partition coefficient (Wildman–Crippen LogP) is 2.48. The van der Waals surface area contributed by atoms with Crippen LogP contribution in [-0.4, -0.2) is 23.4 Å². The monoisotopic (exact) mass is 214 g/mol. The van der Waals surface area contributed by atoms with E-state index in [9.17, 15) is 0 Å². The topological polar surface area (TPSA) is 40.3 Å². The lowest BCUT2D eigenvalue weighted by Gasteiger charge is -2.32. The van der Waals surface area contributed by atoms with Crippen LogP contribution in [0.4, 0.5) is 0 Å². The van der Waals surface area contributed by atoms with Gasteiger partial charge < -0.3 is 0 Å². The molecule has 0 spiro atoms. The lowest BCUT2D eigenvalue weighted by molar-refractivity contribution is 0.608. The molecule has 0 bridgehead atoms. The van der Waals surface area contributed by atoms with Crippen LogP contribution < -0.4 is 0 Å². The number of rotatable bonds is 0. The predicted molar refractivity (Wildman–Crippen MR) is 67.5 cm³/mol. The fraction of sp³-hybridized carbons (Fsp3) is 0.250. The van der Waals surface area contributed by atoms with Crippen LogP contribution in [0.2, 0.25) is 0 Å². The van der Waals surface area contributed by atoms with Crippen molar-refractivity contribution in [1.29, 1.82) is 0 Å². The SMILES string of the molecule is CC.CC1=CC=C2N=CN=C3N=CC=C1N23. The van der Waals surface area contributed by atoms with E-state index in [1.807, 2.05) is 30.9 Å². The quantitative estimate of drug-likeness (QED) is 0.610. The molecule has 16 heavy (non-hydrogen) atoms. The second-order valence-corrected chi connectivity index (χ2v) is 3.21. The molecule has 0 aromatic rings. The summed E-state index contributed by atoms with van der Waals surface area (Å²) in [5.41, 5.74) is 2.30. The van der Waals surface area contributed by atoms with Crippen LogP contribution in [0.3, 0.4) is 0 Å². The van der Waals surface area contributed by atoms with E-state index in [0.717, 1.165) is 11.5 Å². The van der Waals surface area contributed by atoms with Crippen molar-refractivity contribution in [2.24, 2.45) is 15.0 Å². The van der Waals surface area contributed by atoms with Gasteiger partial charge in [-0.05, 0) is 24.6 Å². The molecular formula is C12H14N4. The van der Waals surface area contributed by atoms with Gasteiger partial charge in [-0.3, -0.25) is 4.90 Å². The minimum Gasteiger partial charge on any atom is -0.262 e. The van der Waals surface area contributed by atoms with Crippen molar-refractivity contribution in [3.8, 4) is 0 Å². The first-order valence-corrected chi connectivity index (χ1v) is 5.40. The van der Waals surface area contributed by atoms with Gasteiger partial charge in [0.2, 0.25) is 5.96 Å². The van der Waals surface area contributed by atoms with Gasteiger partial charge in [0.05, 0.1) is 5.70 Å². The summed E-state index contributed by atoms with van der Waals surface area (Å²) in [5, 5.41) is 0. The fourth-order valence-electron chi connectivity index (χ4n) is 1.64. The maximum Gasteiger partial charge on any atom is 0.237 e. The molecule has 3 aliphatic heterocycles. The first-order valence-electron chi connectivity index (χ1n) is 5.40. The van der Waals surface area contributed by atoms with Gasteiger partial charge in [0.15, 0.2) is 0 Å². The second kappa shape index (κ2) is 4.26. The maximum absolute atomic E-state index is 4.18.